The first-order valence-corrected chi connectivity index (χ1v) is 8.66. The lowest BCUT2D eigenvalue weighted by Gasteiger charge is -2.40. The van der Waals surface area contributed by atoms with Gasteiger partial charge in [0.25, 0.3) is 5.91 Å². The summed E-state index contributed by atoms with van der Waals surface area (Å²) in [7, 11) is 0. The number of benzene rings is 1. The Morgan fingerprint density at radius 2 is 1.75 bits per heavy atom. The zero-order valence-electron chi connectivity index (χ0n) is 14.0. The third kappa shape index (κ3) is 2.71. The number of rotatable bonds is 4. The van der Waals surface area contributed by atoms with E-state index in [0.29, 0.717) is 18.7 Å². The number of carbonyl (C=O) groups is 3. The molecule has 0 aromatic heterocycles. The number of piperidine rings is 1. The minimum absolute atomic E-state index is 0.320. The van der Waals surface area contributed by atoms with E-state index in [4.69, 9.17) is 0 Å². The van der Waals surface area contributed by atoms with Crippen molar-refractivity contribution in [3.8, 4) is 0 Å². The Morgan fingerprint density at radius 1 is 1.08 bits per heavy atom. The van der Waals surface area contributed by atoms with Gasteiger partial charge in [-0.3, -0.25) is 14.9 Å². The number of nitrogens with one attached hydrogen (secondary N) is 2. The van der Waals surface area contributed by atoms with E-state index in [-0.39, 0.29) is 0 Å². The van der Waals surface area contributed by atoms with Crippen LogP contribution in [0.3, 0.4) is 0 Å². The van der Waals surface area contributed by atoms with E-state index < -0.39 is 23.3 Å². The van der Waals surface area contributed by atoms with Gasteiger partial charge in [0.05, 0.1) is 13.1 Å². The zero-order valence-corrected chi connectivity index (χ0v) is 14.0. The van der Waals surface area contributed by atoms with Crippen LogP contribution in [0.25, 0.3) is 0 Å². The Labute approximate surface area is 141 Å². The van der Waals surface area contributed by atoms with E-state index in [0.717, 1.165) is 25.9 Å². The van der Waals surface area contributed by atoms with Gasteiger partial charge in [0.15, 0.2) is 12.1 Å². The maximum Gasteiger partial charge on any atom is 0.335 e. The summed E-state index contributed by atoms with van der Waals surface area (Å²) in [5.74, 6) is -0.917. The summed E-state index contributed by atoms with van der Waals surface area (Å²) in [5, 5.41) is 2.40. The first-order chi connectivity index (χ1) is 11.6. The highest BCUT2D eigenvalue weighted by atomic mass is 16.2. The van der Waals surface area contributed by atoms with Gasteiger partial charge in [-0.1, -0.05) is 37.3 Å². The van der Waals surface area contributed by atoms with Gasteiger partial charge in [-0.15, -0.1) is 0 Å². The molecule has 0 aliphatic carbocycles. The lowest BCUT2D eigenvalue weighted by molar-refractivity contribution is -0.912. The molecule has 128 valence electrons. The summed E-state index contributed by atoms with van der Waals surface area (Å²) in [6.07, 6.45) is 3.73. The molecule has 2 N–H and O–H groups in total. The Balaban J connectivity index is 1.92. The molecule has 24 heavy (non-hydrogen) atoms. The molecule has 1 aromatic carbocycles. The van der Waals surface area contributed by atoms with E-state index in [2.05, 4.69) is 5.32 Å². The van der Waals surface area contributed by atoms with Crippen LogP contribution in [0.4, 0.5) is 4.79 Å². The average molecular weight is 330 g/mol. The molecule has 0 bridgehead atoms. The van der Waals surface area contributed by atoms with Crippen molar-refractivity contribution in [1.82, 2.24) is 10.2 Å². The van der Waals surface area contributed by atoms with Gasteiger partial charge in [0, 0.05) is 0 Å². The summed E-state index contributed by atoms with van der Waals surface area (Å²) in [4.78, 5) is 40.6. The highest BCUT2D eigenvalue weighted by Gasteiger charge is 2.54. The van der Waals surface area contributed by atoms with Gasteiger partial charge in [0.1, 0.15) is 0 Å². The second-order valence-corrected chi connectivity index (χ2v) is 6.59. The van der Waals surface area contributed by atoms with Gasteiger partial charge in [-0.25, -0.2) is 9.69 Å². The highest BCUT2D eigenvalue weighted by Crippen LogP contribution is 2.33. The molecule has 0 spiro atoms. The third-order valence-corrected chi connectivity index (χ3v) is 5.20. The quantitative estimate of drug-likeness (QED) is 0.787. The molecule has 6 heteroatoms. The monoisotopic (exact) mass is 330 g/mol. The molecule has 0 radical (unpaired) electrons. The number of amides is 4. The fraction of sp³-hybridized carbons (Fsp3) is 0.500. The number of nitrogens with zero attached hydrogens (tertiary/aromatic N) is 1. The van der Waals surface area contributed by atoms with Crippen molar-refractivity contribution >= 4 is 17.8 Å². The highest BCUT2D eigenvalue weighted by molar-refractivity contribution is 6.22. The Morgan fingerprint density at radius 3 is 2.38 bits per heavy atom. The number of urea groups is 1. The summed E-state index contributed by atoms with van der Waals surface area (Å²) in [6.45, 7) is 4.05. The van der Waals surface area contributed by atoms with Crippen LogP contribution in [0.15, 0.2) is 30.3 Å². The topological polar surface area (TPSA) is 70.9 Å². The van der Waals surface area contributed by atoms with Crippen molar-refractivity contribution in [2.24, 2.45) is 0 Å². The fourth-order valence-electron chi connectivity index (χ4n) is 3.76. The molecule has 1 aromatic rings. The first kappa shape index (κ1) is 16.6. The van der Waals surface area contributed by atoms with Crippen molar-refractivity contribution in [3.05, 3.63) is 35.9 Å². The van der Waals surface area contributed by atoms with Crippen LogP contribution in [0, 0.1) is 0 Å². The minimum Gasteiger partial charge on any atom is -0.317 e. The molecule has 2 saturated heterocycles. The molecule has 6 nitrogen and oxygen atoms in total. The molecule has 2 fully saturated rings. The van der Waals surface area contributed by atoms with E-state index in [1.165, 1.54) is 16.2 Å². The van der Waals surface area contributed by atoms with Crippen LogP contribution < -0.4 is 10.2 Å². The lowest BCUT2D eigenvalue weighted by Crippen LogP contribution is -3.14. The minimum atomic E-state index is -1.32. The maximum absolute atomic E-state index is 13.2. The third-order valence-electron chi connectivity index (χ3n) is 5.20. The molecule has 4 amide bonds. The molecular weight excluding hydrogens is 306 g/mol. The van der Waals surface area contributed by atoms with Crippen LogP contribution in [-0.4, -0.2) is 42.5 Å². The average Bonchev–Trinajstić information content (AvgIpc) is 2.61. The zero-order chi connectivity index (χ0) is 17.2. The van der Waals surface area contributed by atoms with Crippen LogP contribution >= 0.6 is 0 Å². The Kier molecular flexibility index (Phi) is 4.66. The number of hydrogen-bond acceptors (Lipinski definition) is 3. The molecule has 2 aliphatic heterocycles. The van der Waals surface area contributed by atoms with Crippen molar-refractivity contribution in [3.63, 3.8) is 0 Å². The molecule has 2 heterocycles. The summed E-state index contributed by atoms with van der Waals surface area (Å²) >= 11 is 0. The van der Waals surface area contributed by atoms with E-state index >= 15 is 0 Å². The number of carbonyl (C=O) groups excluding carboxylic acids is 3. The van der Waals surface area contributed by atoms with Gasteiger partial charge in [0.2, 0.25) is 5.91 Å². The van der Waals surface area contributed by atoms with Crippen LogP contribution in [0.5, 0.6) is 0 Å². The largest absolute Gasteiger partial charge is 0.335 e. The fourth-order valence-corrected chi connectivity index (χ4v) is 3.76. The van der Waals surface area contributed by atoms with Crippen molar-refractivity contribution in [2.45, 2.75) is 38.0 Å². The number of quaternary nitrogens is 1. The van der Waals surface area contributed by atoms with Crippen LogP contribution in [0.1, 0.15) is 38.2 Å². The van der Waals surface area contributed by atoms with Crippen molar-refractivity contribution in [1.29, 1.82) is 0 Å². The van der Waals surface area contributed by atoms with Gasteiger partial charge in [-0.2, -0.15) is 0 Å². The second-order valence-electron chi connectivity index (χ2n) is 6.59. The molecule has 1 atom stereocenters. The Hall–Kier alpha value is -2.21. The predicted molar refractivity (Wildman–Crippen MR) is 88.2 cm³/mol. The number of imide groups is 2. The standard InChI is InChI=1S/C18H23N3O3/c1-2-18(14-9-5-3-6-10-14)15(22)19-17(24)21(16(18)23)13-20-11-7-4-8-12-20/h3,5-6,9-10H,2,4,7-8,11-13H2,1H3,(H,19,22,24)/p+1/t18-/m0/s1. The Bertz CT molecular complexity index is 640. The van der Waals surface area contributed by atoms with Crippen molar-refractivity contribution < 1.29 is 19.3 Å². The maximum atomic E-state index is 13.2. The predicted octanol–water partition coefficient (Wildman–Crippen LogP) is 0.439. The van der Waals surface area contributed by atoms with E-state index in [1.807, 2.05) is 25.1 Å². The van der Waals surface area contributed by atoms with Crippen LogP contribution in [-0.2, 0) is 15.0 Å². The number of hydrogen-bond donors (Lipinski definition) is 2. The number of likely N-dealkylation sites (tertiary alicyclic amines) is 1. The second kappa shape index (κ2) is 6.73. The molecular formula is C18H24N3O3+. The summed E-state index contributed by atoms with van der Waals surface area (Å²) < 4.78 is 0. The summed E-state index contributed by atoms with van der Waals surface area (Å²) in [6, 6.07) is 8.43. The van der Waals surface area contributed by atoms with Gasteiger partial charge in [-0.05, 0) is 31.2 Å². The molecule has 0 saturated carbocycles. The summed E-state index contributed by atoms with van der Waals surface area (Å²) in [5.41, 5.74) is -0.675. The smallest absolute Gasteiger partial charge is 0.317 e. The van der Waals surface area contributed by atoms with E-state index in [9.17, 15) is 14.4 Å². The normalized spacial score (nSPS) is 25.7. The molecule has 3 rings (SSSR count). The molecule has 2 aliphatic rings. The van der Waals surface area contributed by atoms with Gasteiger partial charge >= 0.3 is 6.03 Å². The molecule has 0 unspecified atom stereocenters. The number of barbiturate groups is 1. The van der Waals surface area contributed by atoms with E-state index in [1.54, 1.807) is 12.1 Å². The van der Waals surface area contributed by atoms with Crippen molar-refractivity contribution in [2.75, 3.05) is 19.8 Å². The van der Waals surface area contributed by atoms with Crippen LogP contribution in [0.2, 0.25) is 0 Å². The SMILES string of the molecule is CC[C@]1(c2ccccc2)C(=O)NC(=O)N(C[NH+]2CCCCC2)C1=O. The van der Waals surface area contributed by atoms with Gasteiger partial charge < -0.3 is 4.90 Å². The first-order valence-electron chi connectivity index (χ1n) is 8.66. The lowest BCUT2D eigenvalue weighted by atomic mass is 9.75.